The van der Waals surface area contributed by atoms with Gasteiger partial charge in [0.2, 0.25) is 10.0 Å². The van der Waals surface area contributed by atoms with Crippen molar-refractivity contribution in [3.05, 3.63) is 53.6 Å². The summed E-state index contributed by atoms with van der Waals surface area (Å²) in [7, 11) is -0.444. The average Bonchev–Trinajstić information content (AvgIpc) is 2.62. The third-order valence-corrected chi connectivity index (χ3v) is 5.81. The number of nitrogens with zero attached hydrogens (tertiary/aromatic N) is 1. The van der Waals surface area contributed by atoms with Crippen LogP contribution in [0.3, 0.4) is 0 Å². The van der Waals surface area contributed by atoms with Crippen LogP contribution in [0.5, 0.6) is 11.5 Å². The van der Waals surface area contributed by atoms with E-state index >= 15 is 0 Å². The molecule has 2 aromatic carbocycles. The first kappa shape index (κ1) is 19.3. The normalized spacial score (nSPS) is 11.6. The van der Waals surface area contributed by atoms with Crippen molar-refractivity contribution in [2.45, 2.75) is 31.7 Å². The van der Waals surface area contributed by atoms with E-state index in [4.69, 9.17) is 9.47 Å². The smallest absolute Gasteiger partial charge is 0.243 e. The van der Waals surface area contributed by atoms with Crippen molar-refractivity contribution < 1.29 is 17.9 Å². The van der Waals surface area contributed by atoms with Gasteiger partial charge in [-0.25, -0.2) is 8.42 Å². The monoisotopic (exact) mass is 363 g/mol. The van der Waals surface area contributed by atoms with Gasteiger partial charge in [-0.1, -0.05) is 25.1 Å². The van der Waals surface area contributed by atoms with Crippen molar-refractivity contribution in [2.24, 2.45) is 0 Å². The Labute approximate surface area is 150 Å². The van der Waals surface area contributed by atoms with E-state index in [-0.39, 0.29) is 11.4 Å². The fourth-order valence-corrected chi connectivity index (χ4v) is 3.83. The molecule has 0 atom stereocenters. The van der Waals surface area contributed by atoms with E-state index in [2.05, 4.69) is 0 Å². The summed E-state index contributed by atoms with van der Waals surface area (Å²) in [5.41, 5.74) is 1.70. The molecule has 0 aliphatic heterocycles. The average molecular weight is 363 g/mol. The topological polar surface area (TPSA) is 55.8 Å². The SMILES string of the molecule is CCOc1ccccc1CN(C)S(=O)(=O)c1ccc(OC)c(CC)c1. The molecule has 0 bridgehead atoms. The molecule has 0 radical (unpaired) electrons. The summed E-state index contributed by atoms with van der Waals surface area (Å²) in [6.45, 7) is 4.65. The van der Waals surface area contributed by atoms with Gasteiger partial charge in [0.05, 0.1) is 18.6 Å². The number of sulfonamides is 1. The Morgan fingerprint density at radius 3 is 2.36 bits per heavy atom. The molecule has 0 amide bonds. The summed E-state index contributed by atoms with van der Waals surface area (Å²) in [5, 5.41) is 0. The summed E-state index contributed by atoms with van der Waals surface area (Å²) < 4.78 is 38.0. The van der Waals surface area contributed by atoms with Crippen molar-refractivity contribution in [2.75, 3.05) is 20.8 Å². The van der Waals surface area contributed by atoms with Crippen LogP contribution in [0.25, 0.3) is 0 Å². The molecule has 25 heavy (non-hydrogen) atoms. The van der Waals surface area contributed by atoms with Gasteiger partial charge >= 0.3 is 0 Å². The maximum Gasteiger partial charge on any atom is 0.243 e. The molecule has 0 spiro atoms. The predicted molar refractivity (Wildman–Crippen MR) is 98.6 cm³/mol. The molecule has 0 aliphatic carbocycles. The van der Waals surface area contributed by atoms with Gasteiger partial charge in [0.1, 0.15) is 11.5 Å². The third-order valence-electron chi connectivity index (χ3n) is 4.01. The molecule has 0 N–H and O–H groups in total. The lowest BCUT2D eigenvalue weighted by atomic mass is 10.1. The molecule has 5 nitrogen and oxygen atoms in total. The number of aryl methyl sites for hydroxylation is 1. The van der Waals surface area contributed by atoms with Crippen molar-refractivity contribution in [3.8, 4) is 11.5 Å². The molecule has 0 fully saturated rings. The minimum atomic E-state index is -3.60. The second-order valence-electron chi connectivity index (χ2n) is 5.63. The van der Waals surface area contributed by atoms with Crippen molar-refractivity contribution >= 4 is 10.0 Å². The minimum absolute atomic E-state index is 0.242. The van der Waals surface area contributed by atoms with Crippen LogP contribution in [-0.2, 0) is 23.0 Å². The molecule has 0 saturated heterocycles. The molecule has 136 valence electrons. The maximum absolute atomic E-state index is 12.9. The van der Waals surface area contributed by atoms with Crippen LogP contribution in [0, 0.1) is 0 Å². The summed E-state index contributed by atoms with van der Waals surface area (Å²) in [4.78, 5) is 0.265. The zero-order chi connectivity index (χ0) is 18.4. The molecule has 0 aromatic heterocycles. The van der Waals surface area contributed by atoms with Crippen molar-refractivity contribution in [3.63, 3.8) is 0 Å². The lowest BCUT2D eigenvalue weighted by molar-refractivity contribution is 0.332. The Hall–Kier alpha value is -2.05. The zero-order valence-electron chi connectivity index (χ0n) is 15.2. The number of para-hydroxylation sites is 1. The van der Waals surface area contributed by atoms with E-state index < -0.39 is 10.0 Å². The summed E-state index contributed by atoms with van der Waals surface area (Å²) in [6.07, 6.45) is 0.698. The van der Waals surface area contributed by atoms with E-state index in [0.717, 1.165) is 11.1 Å². The van der Waals surface area contributed by atoms with Gasteiger partial charge in [-0.15, -0.1) is 0 Å². The Morgan fingerprint density at radius 2 is 1.72 bits per heavy atom. The lowest BCUT2D eigenvalue weighted by Gasteiger charge is -2.20. The fourth-order valence-electron chi connectivity index (χ4n) is 2.63. The number of ether oxygens (including phenoxy) is 2. The molecule has 2 aromatic rings. The number of methoxy groups -OCH3 is 1. The number of rotatable bonds is 8. The quantitative estimate of drug-likeness (QED) is 0.720. The highest BCUT2D eigenvalue weighted by molar-refractivity contribution is 7.89. The Balaban J connectivity index is 2.31. The fraction of sp³-hybridized carbons (Fsp3) is 0.368. The molecule has 0 aliphatic rings. The second kappa shape index (κ2) is 8.36. The largest absolute Gasteiger partial charge is 0.496 e. The third kappa shape index (κ3) is 4.32. The molecule has 2 rings (SSSR count). The van der Waals surface area contributed by atoms with Crippen LogP contribution in [0.15, 0.2) is 47.4 Å². The minimum Gasteiger partial charge on any atom is -0.496 e. The standard InChI is InChI=1S/C19H25NO4S/c1-5-15-13-17(11-12-18(15)23-4)25(21,22)20(3)14-16-9-7-8-10-19(16)24-6-2/h7-13H,5-6,14H2,1-4H3. The lowest BCUT2D eigenvalue weighted by Crippen LogP contribution is -2.27. The van der Waals surface area contributed by atoms with Crippen molar-refractivity contribution in [1.82, 2.24) is 4.31 Å². The van der Waals surface area contributed by atoms with Crippen LogP contribution in [0.4, 0.5) is 0 Å². The molecular formula is C19H25NO4S. The first-order chi connectivity index (χ1) is 11.9. The highest BCUT2D eigenvalue weighted by atomic mass is 32.2. The van der Waals surface area contributed by atoms with Gasteiger partial charge < -0.3 is 9.47 Å². The number of hydrogen-bond donors (Lipinski definition) is 0. The van der Waals surface area contributed by atoms with Gasteiger partial charge in [0.25, 0.3) is 0 Å². The van der Waals surface area contributed by atoms with E-state index in [9.17, 15) is 8.42 Å². The van der Waals surface area contributed by atoms with Gasteiger partial charge in [-0.3, -0.25) is 0 Å². The van der Waals surface area contributed by atoms with E-state index in [1.165, 1.54) is 4.31 Å². The van der Waals surface area contributed by atoms with Crippen LogP contribution in [0.2, 0.25) is 0 Å². The Bertz CT molecular complexity index is 818. The van der Waals surface area contributed by atoms with Crippen LogP contribution in [-0.4, -0.2) is 33.5 Å². The first-order valence-electron chi connectivity index (χ1n) is 8.28. The summed E-state index contributed by atoms with van der Waals surface area (Å²) in [5.74, 6) is 1.40. The Morgan fingerprint density at radius 1 is 1.00 bits per heavy atom. The molecule has 0 heterocycles. The summed E-state index contributed by atoms with van der Waals surface area (Å²) >= 11 is 0. The number of benzene rings is 2. The van der Waals surface area contributed by atoms with Crippen LogP contribution in [0.1, 0.15) is 25.0 Å². The van der Waals surface area contributed by atoms with Gasteiger partial charge in [-0.2, -0.15) is 4.31 Å². The molecular weight excluding hydrogens is 338 g/mol. The highest BCUT2D eigenvalue weighted by Crippen LogP contribution is 2.26. The van der Waals surface area contributed by atoms with Crippen LogP contribution >= 0.6 is 0 Å². The predicted octanol–water partition coefficient (Wildman–Crippen LogP) is 3.48. The van der Waals surface area contributed by atoms with E-state index in [1.807, 2.05) is 38.1 Å². The summed E-state index contributed by atoms with van der Waals surface area (Å²) in [6, 6.07) is 12.4. The van der Waals surface area contributed by atoms with E-state index in [0.29, 0.717) is 24.5 Å². The van der Waals surface area contributed by atoms with Gasteiger partial charge in [0, 0.05) is 19.2 Å². The Kier molecular flexibility index (Phi) is 6.45. The van der Waals surface area contributed by atoms with Gasteiger partial charge in [-0.05, 0) is 43.2 Å². The first-order valence-corrected chi connectivity index (χ1v) is 9.72. The maximum atomic E-state index is 12.9. The second-order valence-corrected chi connectivity index (χ2v) is 7.67. The van der Waals surface area contributed by atoms with Crippen LogP contribution < -0.4 is 9.47 Å². The molecule has 0 saturated carbocycles. The number of hydrogen-bond acceptors (Lipinski definition) is 4. The van der Waals surface area contributed by atoms with E-state index in [1.54, 1.807) is 32.4 Å². The van der Waals surface area contributed by atoms with Crippen molar-refractivity contribution in [1.29, 1.82) is 0 Å². The van der Waals surface area contributed by atoms with Gasteiger partial charge in [0.15, 0.2) is 0 Å². The molecule has 6 heteroatoms. The zero-order valence-corrected chi connectivity index (χ0v) is 16.0. The molecule has 0 unspecified atom stereocenters. The highest BCUT2D eigenvalue weighted by Gasteiger charge is 2.23.